The van der Waals surface area contributed by atoms with Crippen LogP contribution in [0.2, 0.25) is 0 Å². The molecule has 0 unspecified atom stereocenters. The summed E-state index contributed by atoms with van der Waals surface area (Å²) < 4.78 is 26.0. The number of carbonyl (C=O) groups is 1. The summed E-state index contributed by atoms with van der Waals surface area (Å²) in [7, 11) is -1.23. The van der Waals surface area contributed by atoms with Gasteiger partial charge in [0.1, 0.15) is 11.5 Å². The van der Waals surface area contributed by atoms with Crippen LogP contribution in [0.15, 0.2) is 29.3 Å². The number of benzene rings is 1. The summed E-state index contributed by atoms with van der Waals surface area (Å²) in [5.41, 5.74) is 3.44. The molecule has 1 saturated carbocycles. The SMILES string of the molecule is Cn1c(C2CC2)nc2cc(NC(=O)c3[nH]cc4c3CCS4(=O)=O)ccc21. The summed E-state index contributed by atoms with van der Waals surface area (Å²) in [5, 5.41) is 2.85. The van der Waals surface area contributed by atoms with E-state index in [1.54, 1.807) is 0 Å². The molecule has 1 aliphatic heterocycles. The number of hydrogen-bond donors (Lipinski definition) is 2. The largest absolute Gasteiger partial charge is 0.356 e. The number of aromatic nitrogens is 3. The molecule has 2 aromatic heterocycles. The molecular weight excluding hydrogens is 352 g/mol. The van der Waals surface area contributed by atoms with Gasteiger partial charge in [-0.1, -0.05) is 0 Å². The van der Waals surface area contributed by atoms with E-state index < -0.39 is 9.84 Å². The number of hydrogen-bond acceptors (Lipinski definition) is 4. The Kier molecular flexibility index (Phi) is 3.13. The minimum absolute atomic E-state index is 0.0659. The molecule has 3 heterocycles. The number of H-pyrrole nitrogens is 1. The molecule has 1 fully saturated rings. The zero-order valence-electron chi connectivity index (χ0n) is 14.2. The molecule has 1 amide bonds. The van der Waals surface area contributed by atoms with E-state index in [-0.39, 0.29) is 16.6 Å². The Morgan fingerprint density at radius 1 is 1.35 bits per heavy atom. The van der Waals surface area contributed by atoms with Crippen LogP contribution in [0.5, 0.6) is 0 Å². The van der Waals surface area contributed by atoms with Crippen LogP contribution in [0, 0.1) is 0 Å². The van der Waals surface area contributed by atoms with Gasteiger partial charge in [-0.05, 0) is 37.5 Å². The number of nitrogens with one attached hydrogen (secondary N) is 2. The molecule has 0 radical (unpaired) electrons. The van der Waals surface area contributed by atoms with Gasteiger partial charge >= 0.3 is 0 Å². The first-order valence-corrected chi connectivity index (χ1v) is 10.3. The molecule has 1 aromatic carbocycles. The van der Waals surface area contributed by atoms with Gasteiger partial charge in [-0.2, -0.15) is 0 Å². The predicted molar refractivity (Wildman–Crippen MR) is 97.2 cm³/mol. The summed E-state index contributed by atoms with van der Waals surface area (Å²) in [4.78, 5) is 20.4. The van der Waals surface area contributed by atoms with Crippen LogP contribution in [0.25, 0.3) is 11.0 Å². The molecule has 134 valence electrons. The number of nitrogens with zero attached hydrogens (tertiary/aromatic N) is 2. The summed E-state index contributed by atoms with van der Waals surface area (Å²) in [6.07, 6.45) is 4.15. The molecule has 0 spiro atoms. The number of anilines is 1. The topological polar surface area (TPSA) is 96.8 Å². The highest BCUT2D eigenvalue weighted by atomic mass is 32.2. The Balaban J connectivity index is 1.45. The standard InChI is InChI=1S/C18H18N4O3S/c1-22-14-5-4-11(8-13(14)21-17(22)10-2-3-10)20-18(23)16-12-6-7-26(24,25)15(12)9-19-16/h4-5,8-10,19H,2-3,6-7H2,1H3,(H,20,23). The van der Waals surface area contributed by atoms with Gasteiger partial charge in [-0.3, -0.25) is 4.79 Å². The third-order valence-electron chi connectivity index (χ3n) is 5.25. The van der Waals surface area contributed by atoms with Crippen LogP contribution in [0.4, 0.5) is 5.69 Å². The summed E-state index contributed by atoms with van der Waals surface area (Å²) in [5.74, 6) is 1.38. The lowest BCUT2D eigenvalue weighted by Crippen LogP contribution is -2.14. The molecule has 0 bridgehead atoms. The number of carbonyl (C=O) groups excluding carboxylic acids is 1. The van der Waals surface area contributed by atoms with Crippen molar-refractivity contribution in [2.75, 3.05) is 11.1 Å². The van der Waals surface area contributed by atoms with E-state index in [2.05, 4.69) is 14.9 Å². The quantitative estimate of drug-likeness (QED) is 0.740. The molecule has 26 heavy (non-hydrogen) atoms. The molecular formula is C18H18N4O3S. The number of sulfone groups is 1. The molecule has 0 atom stereocenters. The van der Waals surface area contributed by atoms with Crippen LogP contribution < -0.4 is 5.32 Å². The minimum atomic E-state index is -3.25. The van der Waals surface area contributed by atoms with Crippen molar-refractivity contribution in [1.29, 1.82) is 0 Å². The molecule has 1 aliphatic carbocycles. The first-order valence-electron chi connectivity index (χ1n) is 8.65. The van der Waals surface area contributed by atoms with E-state index in [4.69, 9.17) is 4.98 Å². The second-order valence-electron chi connectivity index (χ2n) is 7.04. The van der Waals surface area contributed by atoms with Crippen molar-refractivity contribution < 1.29 is 13.2 Å². The summed E-state index contributed by atoms with van der Waals surface area (Å²) in [6, 6.07) is 5.66. The first kappa shape index (κ1) is 15.6. The Labute approximate surface area is 150 Å². The molecule has 2 N–H and O–H groups in total. The molecule has 5 rings (SSSR count). The Morgan fingerprint density at radius 2 is 2.15 bits per heavy atom. The van der Waals surface area contributed by atoms with Crippen LogP contribution in [0.3, 0.4) is 0 Å². The van der Waals surface area contributed by atoms with Gasteiger partial charge in [-0.25, -0.2) is 13.4 Å². The normalized spacial score (nSPS) is 18.2. The third-order valence-corrected chi connectivity index (χ3v) is 7.02. The maximum absolute atomic E-state index is 12.6. The van der Waals surface area contributed by atoms with Crippen molar-refractivity contribution >= 4 is 32.5 Å². The van der Waals surface area contributed by atoms with E-state index in [0.717, 1.165) is 16.9 Å². The fourth-order valence-corrected chi connectivity index (χ4v) is 5.22. The number of imidazole rings is 1. The van der Waals surface area contributed by atoms with Gasteiger partial charge in [-0.15, -0.1) is 0 Å². The molecule has 2 aliphatic rings. The van der Waals surface area contributed by atoms with Crippen molar-refractivity contribution in [1.82, 2.24) is 14.5 Å². The van der Waals surface area contributed by atoms with Crippen molar-refractivity contribution in [2.45, 2.75) is 30.1 Å². The molecule has 8 heteroatoms. The van der Waals surface area contributed by atoms with Crippen LogP contribution in [-0.4, -0.2) is 34.6 Å². The fourth-order valence-electron chi connectivity index (χ4n) is 3.71. The van der Waals surface area contributed by atoms with Gasteiger partial charge in [0, 0.05) is 30.4 Å². The molecule has 3 aromatic rings. The summed E-state index contributed by atoms with van der Waals surface area (Å²) in [6.45, 7) is 0. The number of fused-ring (bicyclic) bond motifs is 2. The molecule has 7 nitrogen and oxygen atoms in total. The van der Waals surface area contributed by atoms with Crippen molar-refractivity contribution in [3.05, 3.63) is 41.5 Å². The molecule has 0 saturated heterocycles. The smallest absolute Gasteiger partial charge is 0.272 e. The lowest BCUT2D eigenvalue weighted by atomic mass is 10.2. The number of aromatic amines is 1. The maximum Gasteiger partial charge on any atom is 0.272 e. The highest BCUT2D eigenvalue weighted by molar-refractivity contribution is 7.91. The number of amides is 1. The van der Waals surface area contributed by atoms with Crippen LogP contribution in [-0.2, 0) is 23.3 Å². The van der Waals surface area contributed by atoms with Crippen molar-refractivity contribution in [3.8, 4) is 0 Å². The van der Waals surface area contributed by atoms with Gasteiger partial charge in [0.25, 0.3) is 5.91 Å². The van der Waals surface area contributed by atoms with E-state index in [1.165, 1.54) is 19.0 Å². The highest BCUT2D eigenvalue weighted by Gasteiger charge is 2.32. The van der Waals surface area contributed by atoms with Crippen LogP contribution >= 0.6 is 0 Å². The van der Waals surface area contributed by atoms with E-state index in [0.29, 0.717) is 29.3 Å². The Morgan fingerprint density at radius 3 is 2.92 bits per heavy atom. The zero-order valence-corrected chi connectivity index (χ0v) is 15.1. The van der Waals surface area contributed by atoms with Crippen LogP contribution in [0.1, 0.15) is 40.6 Å². The van der Waals surface area contributed by atoms with Crippen molar-refractivity contribution in [2.24, 2.45) is 7.05 Å². The van der Waals surface area contributed by atoms with Crippen molar-refractivity contribution in [3.63, 3.8) is 0 Å². The Hall–Kier alpha value is -2.61. The number of aryl methyl sites for hydroxylation is 1. The zero-order chi connectivity index (χ0) is 18.1. The minimum Gasteiger partial charge on any atom is -0.356 e. The predicted octanol–water partition coefficient (Wildman–Crippen LogP) is 2.36. The van der Waals surface area contributed by atoms with E-state index in [1.807, 2.05) is 25.2 Å². The second kappa shape index (κ2) is 5.20. The van der Waals surface area contributed by atoms with Gasteiger partial charge < -0.3 is 14.9 Å². The third kappa shape index (κ3) is 2.28. The average molecular weight is 370 g/mol. The average Bonchev–Trinajstić information content (AvgIpc) is 3.15. The highest BCUT2D eigenvalue weighted by Crippen LogP contribution is 2.40. The maximum atomic E-state index is 12.6. The monoisotopic (exact) mass is 370 g/mol. The summed E-state index contributed by atoms with van der Waals surface area (Å²) >= 11 is 0. The van der Waals surface area contributed by atoms with Gasteiger partial charge in [0.05, 0.1) is 21.7 Å². The second-order valence-corrected chi connectivity index (χ2v) is 9.11. The lowest BCUT2D eigenvalue weighted by Gasteiger charge is -2.05. The Bertz CT molecular complexity index is 1170. The van der Waals surface area contributed by atoms with E-state index in [9.17, 15) is 13.2 Å². The lowest BCUT2D eigenvalue weighted by molar-refractivity contribution is 0.102. The number of rotatable bonds is 3. The van der Waals surface area contributed by atoms with E-state index >= 15 is 0 Å². The first-order chi connectivity index (χ1) is 12.4. The fraction of sp³-hybridized carbons (Fsp3) is 0.333. The van der Waals surface area contributed by atoms with Gasteiger partial charge in [0.15, 0.2) is 9.84 Å². The van der Waals surface area contributed by atoms with Gasteiger partial charge in [0.2, 0.25) is 0 Å².